The molecule has 10 nitrogen and oxygen atoms in total. The van der Waals surface area contributed by atoms with Crippen LogP contribution in [0.4, 0.5) is 10.5 Å². The predicted octanol–water partition coefficient (Wildman–Crippen LogP) is 2.66. The lowest BCUT2D eigenvalue weighted by molar-refractivity contribution is 0.0932. The summed E-state index contributed by atoms with van der Waals surface area (Å²) in [7, 11) is 3.13. The van der Waals surface area contributed by atoms with E-state index in [1.165, 1.54) is 0 Å². The van der Waals surface area contributed by atoms with Crippen LogP contribution in [0.15, 0.2) is 24.4 Å². The molecule has 2 N–H and O–H groups in total. The zero-order valence-corrected chi connectivity index (χ0v) is 18.5. The number of nitrogens with zero attached hydrogens (tertiary/aromatic N) is 4. The standard InChI is InChI=1S/C22H30N6O4/c1-31-17-9-10-20(32-2)18(12-17)24-22(30)28-11-5-8-16(28)13-27-14-19(25-26-27)21(29)23-15-6-3-4-7-15/h9-10,12,14-16H,3-8,11,13H2,1-2H3,(H,23,29)(H,24,30). The smallest absolute Gasteiger partial charge is 0.322 e. The van der Waals surface area contributed by atoms with Crippen molar-refractivity contribution in [2.24, 2.45) is 0 Å². The highest BCUT2D eigenvalue weighted by molar-refractivity contribution is 5.92. The van der Waals surface area contributed by atoms with Crippen LogP contribution in [0.3, 0.4) is 0 Å². The minimum atomic E-state index is -0.210. The van der Waals surface area contributed by atoms with Crippen molar-refractivity contribution in [2.45, 2.75) is 57.2 Å². The van der Waals surface area contributed by atoms with Crippen LogP contribution < -0.4 is 20.1 Å². The summed E-state index contributed by atoms with van der Waals surface area (Å²) >= 11 is 0. The number of hydrogen-bond donors (Lipinski definition) is 2. The second-order valence-electron chi connectivity index (χ2n) is 8.27. The van der Waals surface area contributed by atoms with Crippen molar-refractivity contribution in [3.8, 4) is 11.5 Å². The van der Waals surface area contributed by atoms with Crippen LogP contribution in [-0.2, 0) is 6.54 Å². The Kier molecular flexibility index (Phi) is 6.77. The van der Waals surface area contributed by atoms with Crippen LogP contribution in [0.1, 0.15) is 49.0 Å². The lowest BCUT2D eigenvalue weighted by atomic mass is 10.2. The zero-order valence-electron chi connectivity index (χ0n) is 18.5. The lowest BCUT2D eigenvalue weighted by Crippen LogP contribution is -2.41. The van der Waals surface area contributed by atoms with E-state index in [9.17, 15) is 9.59 Å². The first-order chi connectivity index (χ1) is 15.6. The first kappa shape index (κ1) is 21.9. The molecule has 3 amide bonds. The van der Waals surface area contributed by atoms with Crippen molar-refractivity contribution in [3.63, 3.8) is 0 Å². The van der Waals surface area contributed by atoms with Gasteiger partial charge < -0.3 is 25.0 Å². The summed E-state index contributed by atoms with van der Waals surface area (Å²) in [5.41, 5.74) is 0.862. The first-order valence-electron chi connectivity index (χ1n) is 11.1. The second kappa shape index (κ2) is 9.88. The molecule has 172 valence electrons. The minimum Gasteiger partial charge on any atom is -0.497 e. The third-order valence-electron chi connectivity index (χ3n) is 6.15. The predicted molar refractivity (Wildman–Crippen MR) is 118 cm³/mol. The molecule has 0 bridgehead atoms. The summed E-state index contributed by atoms with van der Waals surface area (Å²) in [5.74, 6) is 1.00. The Bertz CT molecular complexity index is 956. The molecule has 1 saturated carbocycles. The maximum atomic E-state index is 13.0. The number of benzene rings is 1. The molecule has 0 spiro atoms. The largest absolute Gasteiger partial charge is 0.497 e. The number of rotatable bonds is 7. The average Bonchev–Trinajstić information content (AvgIpc) is 3.56. The van der Waals surface area contributed by atoms with Crippen LogP contribution in [0.5, 0.6) is 11.5 Å². The Labute approximate surface area is 187 Å². The number of methoxy groups -OCH3 is 2. The summed E-state index contributed by atoms with van der Waals surface area (Å²) in [5, 5.41) is 14.1. The van der Waals surface area contributed by atoms with Gasteiger partial charge >= 0.3 is 6.03 Å². The number of nitrogens with one attached hydrogen (secondary N) is 2. The molecule has 1 unspecified atom stereocenters. The molecule has 2 heterocycles. The minimum absolute atomic E-state index is 0.0425. The molecule has 10 heteroatoms. The Balaban J connectivity index is 1.38. The Morgan fingerprint density at radius 3 is 2.69 bits per heavy atom. The SMILES string of the molecule is COc1ccc(OC)c(NC(=O)N2CCCC2Cn2cc(C(=O)NC3CCCC3)nn2)c1. The zero-order chi connectivity index (χ0) is 22.5. The highest BCUT2D eigenvalue weighted by Gasteiger charge is 2.30. The van der Waals surface area contributed by atoms with Gasteiger partial charge in [-0.25, -0.2) is 9.48 Å². The summed E-state index contributed by atoms with van der Waals surface area (Å²) in [6, 6.07) is 5.24. The fourth-order valence-electron chi connectivity index (χ4n) is 4.43. The van der Waals surface area contributed by atoms with Gasteiger partial charge in [0.15, 0.2) is 5.69 Å². The fourth-order valence-corrected chi connectivity index (χ4v) is 4.43. The Hall–Kier alpha value is -3.30. The van der Waals surface area contributed by atoms with Gasteiger partial charge in [-0.05, 0) is 37.8 Å². The molecule has 32 heavy (non-hydrogen) atoms. The Morgan fingerprint density at radius 2 is 1.94 bits per heavy atom. The second-order valence-corrected chi connectivity index (χ2v) is 8.27. The topological polar surface area (TPSA) is 111 Å². The van der Waals surface area contributed by atoms with Crippen molar-refractivity contribution in [2.75, 3.05) is 26.1 Å². The van der Waals surface area contributed by atoms with Gasteiger partial charge in [0.2, 0.25) is 0 Å². The molecule has 2 aliphatic rings. The van der Waals surface area contributed by atoms with Gasteiger partial charge in [0.1, 0.15) is 11.5 Å². The molecule has 2 aromatic rings. The molecule has 1 saturated heterocycles. The number of aromatic nitrogens is 3. The van der Waals surface area contributed by atoms with E-state index in [4.69, 9.17) is 9.47 Å². The third-order valence-corrected chi connectivity index (χ3v) is 6.15. The van der Waals surface area contributed by atoms with E-state index >= 15 is 0 Å². The third kappa shape index (κ3) is 4.95. The normalized spacial score (nSPS) is 18.6. The highest BCUT2D eigenvalue weighted by Crippen LogP contribution is 2.30. The monoisotopic (exact) mass is 442 g/mol. The van der Waals surface area contributed by atoms with Crippen molar-refractivity contribution >= 4 is 17.6 Å². The van der Waals surface area contributed by atoms with Crippen LogP contribution in [-0.4, -0.2) is 64.7 Å². The molecule has 0 radical (unpaired) electrons. The molecular weight excluding hydrogens is 412 g/mol. The van der Waals surface area contributed by atoms with E-state index in [-0.39, 0.29) is 24.0 Å². The maximum Gasteiger partial charge on any atom is 0.322 e. The van der Waals surface area contributed by atoms with Crippen molar-refractivity contribution < 1.29 is 19.1 Å². The summed E-state index contributed by atoms with van der Waals surface area (Å²) < 4.78 is 12.3. The molecule has 2 fully saturated rings. The van der Waals surface area contributed by atoms with Crippen LogP contribution >= 0.6 is 0 Å². The molecule has 4 rings (SSSR count). The van der Waals surface area contributed by atoms with Crippen molar-refractivity contribution in [1.29, 1.82) is 0 Å². The van der Waals surface area contributed by atoms with Gasteiger partial charge in [-0.2, -0.15) is 0 Å². The quantitative estimate of drug-likeness (QED) is 0.682. The number of urea groups is 1. The van der Waals surface area contributed by atoms with Crippen molar-refractivity contribution in [1.82, 2.24) is 25.2 Å². The van der Waals surface area contributed by atoms with E-state index in [2.05, 4.69) is 20.9 Å². The lowest BCUT2D eigenvalue weighted by Gasteiger charge is -2.25. The Morgan fingerprint density at radius 1 is 1.12 bits per heavy atom. The number of anilines is 1. The van der Waals surface area contributed by atoms with E-state index in [1.54, 1.807) is 48.2 Å². The van der Waals surface area contributed by atoms with Crippen LogP contribution in [0.2, 0.25) is 0 Å². The van der Waals surface area contributed by atoms with E-state index in [1.807, 2.05) is 0 Å². The molecule has 1 aromatic carbocycles. The van der Waals surface area contributed by atoms with E-state index < -0.39 is 0 Å². The van der Waals surface area contributed by atoms with Gasteiger partial charge in [-0.3, -0.25) is 4.79 Å². The molecular formula is C22H30N6O4. The van der Waals surface area contributed by atoms with Crippen molar-refractivity contribution in [3.05, 3.63) is 30.1 Å². The molecule has 1 aromatic heterocycles. The molecule has 1 atom stereocenters. The number of amides is 3. The van der Waals surface area contributed by atoms with Gasteiger partial charge in [-0.1, -0.05) is 18.1 Å². The van der Waals surface area contributed by atoms with E-state index in [0.717, 1.165) is 38.5 Å². The van der Waals surface area contributed by atoms with Gasteiger partial charge in [-0.15, -0.1) is 5.10 Å². The van der Waals surface area contributed by atoms with Gasteiger partial charge in [0.05, 0.1) is 38.7 Å². The van der Waals surface area contributed by atoms with Gasteiger partial charge in [0, 0.05) is 18.7 Å². The highest BCUT2D eigenvalue weighted by atomic mass is 16.5. The number of likely N-dealkylation sites (tertiary alicyclic amines) is 1. The summed E-state index contributed by atoms with van der Waals surface area (Å²) in [6.07, 6.45) is 7.75. The maximum absolute atomic E-state index is 13.0. The average molecular weight is 443 g/mol. The first-order valence-corrected chi connectivity index (χ1v) is 11.1. The van der Waals surface area contributed by atoms with Crippen LogP contribution in [0, 0.1) is 0 Å². The number of hydrogen-bond acceptors (Lipinski definition) is 6. The van der Waals surface area contributed by atoms with Crippen LogP contribution in [0.25, 0.3) is 0 Å². The summed E-state index contributed by atoms with van der Waals surface area (Å²) in [4.78, 5) is 27.2. The number of carbonyl (C=O) groups is 2. The van der Waals surface area contributed by atoms with Gasteiger partial charge in [0.25, 0.3) is 5.91 Å². The molecule has 1 aliphatic carbocycles. The fraction of sp³-hybridized carbons (Fsp3) is 0.545. The number of ether oxygens (including phenoxy) is 2. The number of carbonyl (C=O) groups excluding carboxylic acids is 2. The summed E-state index contributed by atoms with van der Waals surface area (Å²) in [6.45, 7) is 1.12. The van der Waals surface area contributed by atoms with E-state index in [0.29, 0.717) is 36.0 Å². The molecule has 1 aliphatic heterocycles.